The molecule has 90 valence electrons. The van der Waals surface area contributed by atoms with Gasteiger partial charge in [-0.15, -0.1) is 11.3 Å². The van der Waals surface area contributed by atoms with Crippen molar-refractivity contribution in [2.24, 2.45) is 0 Å². The van der Waals surface area contributed by atoms with Crippen LogP contribution in [0.5, 0.6) is 0 Å². The fraction of sp³-hybridized carbons (Fsp3) is 0.556. The monoisotopic (exact) mass is 281 g/mol. The highest BCUT2D eigenvalue weighted by molar-refractivity contribution is 7.91. The molecule has 1 fully saturated rings. The van der Waals surface area contributed by atoms with E-state index in [9.17, 15) is 8.42 Å². The van der Waals surface area contributed by atoms with E-state index in [-0.39, 0.29) is 10.3 Å². The molecule has 1 aliphatic heterocycles. The molecule has 0 aliphatic carbocycles. The lowest BCUT2D eigenvalue weighted by atomic mass is 10.1. The molecule has 1 aromatic heterocycles. The number of thiophene rings is 1. The van der Waals surface area contributed by atoms with Gasteiger partial charge in [0.2, 0.25) is 10.0 Å². The predicted molar refractivity (Wildman–Crippen MR) is 63.5 cm³/mol. The number of rotatable bonds is 3. The zero-order chi connectivity index (χ0) is 11.6. The van der Waals surface area contributed by atoms with E-state index in [2.05, 4.69) is 4.72 Å². The van der Waals surface area contributed by atoms with Crippen molar-refractivity contribution in [1.29, 1.82) is 0 Å². The Hall–Kier alpha value is -0.140. The molecule has 4 nitrogen and oxygen atoms in total. The largest absolute Gasteiger partial charge is 0.381 e. The highest BCUT2D eigenvalue weighted by Gasteiger charge is 2.23. The van der Waals surface area contributed by atoms with Crippen molar-refractivity contribution in [3.8, 4) is 0 Å². The molecule has 16 heavy (non-hydrogen) atoms. The fourth-order valence-electron chi connectivity index (χ4n) is 1.54. The van der Waals surface area contributed by atoms with Crippen LogP contribution in [0, 0.1) is 0 Å². The minimum atomic E-state index is -3.41. The summed E-state index contributed by atoms with van der Waals surface area (Å²) in [5, 5.41) is 0. The van der Waals surface area contributed by atoms with Crippen LogP contribution < -0.4 is 4.72 Å². The van der Waals surface area contributed by atoms with Gasteiger partial charge in [-0.1, -0.05) is 11.6 Å². The van der Waals surface area contributed by atoms with Crippen molar-refractivity contribution in [2.75, 3.05) is 13.2 Å². The summed E-state index contributed by atoms with van der Waals surface area (Å²) in [5.41, 5.74) is 0. The Morgan fingerprint density at radius 1 is 1.38 bits per heavy atom. The van der Waals surface area contributed by atoms with Gasteiger partial charge < -0.3 is 4.74 Å². The molecule has 1 N–H and O–H groups in total. The molecule has 2 heterocycles. The summed E-state index contributed by atoms with van der Waals surface area (Å²) in [6, 6.07) is 3.08. The lowest BCUT2D eigenvalue weighted by Gasteiger charge is -2.22. The molecule has 7 heteroatoms. The Balaban J connectivity index is 2.07. The van der Waals surface area contributed by atoms with Crippen LogP contribution in [0.15, 0.2) is 16.3 Å². The average molecular weight is 282 g/mol. The average Bonchev–Trinajstić information content (AvgIpc) is 2.66. The van der Waals surface area contributed by atoms with Gasteiger partial charge in [0.25, 0.3) is 0 Å². The van der Waals surface area contributed by atoms with Gasteiger partial charge >= 0.3 is 0 Å². The van der Waals surface area contributed by atoms with Crippen LogP contribution in [-0.2, 0) is 14.8 Å². The molecule has 1 saturated heterocycles. The van der Waals surface area contributed by atoms with Gasteiger partial charge in [-0.25, -0.2) is 13.1 Å². The molecule has 2 rings (SSSR count). The maximum absolute atomic E-state index is 11.9. The van der Waals surface area contributed by atoms with Crippen LogP contribution in [0.3, 0.4) is 0 Å². The quantitative estimate of drug-likeness (QED) is 0.920. The Morgan fingerprint density at radius 2 is 2.06 bits per heavy atom. The molecule has 0 atom stereocenters. The number of halogens is 1. The zero-order valence-electron chi connectivity index (χ0n) is 8.48. The predicted octanol–water partition coefficient (Wildman–Crippen LogP) is 1.86. The van der Waals surface area contributed by atoms with Crippen LogP contribution in [0.2, 0.25) is 4.34 Å². The van der Waals surface area contributed by atoms with Gasteiger partial charge in [-0.3, -0.25) is 0 Å². The van der Waals surface area contributed by atoms with Crippen LogP contribution >= 0.6 is 22.9 Å². The van der Waals surface area contributed by atoms with Crippen LogP contribution in [-0.4, -0.2) is 27.7 Å². The summed E-state index contributed by atoms with van der Waals surface area (Å²) in [7, 11) is -3.41. The van der Waals surface area contributed by atoms with Gasteiger partial charge in [0, 0.05) is 19.3 Å². The highest BCUT2D eigenvalue weighted by atomic mass is 35.5. The molecule has 1 aromatic rings. The van der Waals surface area contributed by atoms with E-state index in [1.165, 1.54) is 6.07 Å². The number of hydrogen-bond donors (Lipinski definition) is 1. The fourth-order valence-corrected chi connectivity index (χ4v) is 4.34. The smallest absolute Gasteiger partial charge is 0.250 e. The second-order valence-electron chi connectivity index (χ2n) is 3.57. The molecule has 0 amide bonds. The zero-order valence-corrected chi connectivity index (χ0v) is 10.9. The second-order valence-corrected chi connectivity index (χ2v) is 7.22. The summed E-state index contributed by atoms with van der Waals surface area (Å²) in [5.74, 6) is 0. The van der Waals surface area contributed by atoms with E-state index in [1.54, 1.807) is 6.07 Å². The second kappa shape index (κ2) is 5.01. The summed E-state index contributed by atoms with van der Waals surface area (Å²) in [6.07, 6.45) is 1.44. The third-order valence-electron chi connectivity index (χ3n) is 2.36. The molecule has 0 unspecified atom stereocenters. The first-order valence-corrected chi connectivity index (χ1v) is 7.61. The first-order chi connectivity index (χ1) is 7.58. The normalized spacial score (nSPS) is 18.8. The molecular formula is C9H12ClNO3S2. The van der Waals surface area contributed by atoms with Crippen molar-refractivity contribution >= 4 is 33.0 Å². The Morgan fingerprint density at radius 3 is 2.62 bits per heavy atom. The number of ether oxygens (including phenoxy) is 1. The Labute approximate surface area is 104 Å². The van der Waals surface area contributed by atoms with E-state index < -0.39 is 10.0 Å². The van der Waals surface area contributed by atoms with Crippen molar-refractivity contribution < 1.29 is 13.2 Å². The molecule has 0 spiro atoms. The van der Waals surface area contributed by atoms with Crippen molar-refractivity contribution in [3.05, 3.63) is 16.5 Å². The van der Waals surface area contributed by atoms with Crippen molar-refractivity contribution in [1.82, 2.24) is 4.72 Å². The first-order valence-electron chi connectivity index (χ1n) is 4.93. The van der Waals surface area contributed by atoms with Crippen LogP contribution in [0.25, 0.3) is 0 Å². The third-order valence-corrected chi connectivity index (χ3v) is 5.60. The third kappa shape index (κ3) is 2.95. The maximum Gasteiger partial charge on any atom is 0.250 e. The molecule has 0 saturated carbocycles. The van der Waals surface area contributed by atoms with Gasteiger partial charge in [-0.2, -0.15) is 0 Å². The van der Waals surface area contributed by atoms with E-state index in [4.69, 9.17) is 16.3 Å². The molecule has 0 bridgehead atoms. The van der Waals surface area contributed by atoms with Gasteiger partial charge in [0.05, 0.1) is 4.34 Å². The van der Waals surface area contributed by atoms with Gasteiger partial charge in [0.1, 0.15) is 4.21 Å². The standard InChI is InChI=1S/C9H12ClNO3S2/c10-8-1-2-9(15-8)16(12,13)11-7-3-5-14-6-4-7/h1-2,7,11H,3-6H2. The van der Waals surface area contributed by atoms with E-state index >= 15 is 0 Å². The van der Waals surface area contributed by atoms with E-state index in [0.717, 1.165) is 24.2 Å². The SMILES string of the molecule is O=S(=O)(NC1CCOCC1)c1ccc(Cl)s1. The molecule has 1 aliphatic rings. The summed E-state index contributed by atoms with van der Waals surface area (Å²) in [4.78, 5) is 0. The summed E-state index contributed by atoms with van der Waals surface area (Å²) < 4.78 is 32.4. The Kier molecular flexibility index (Phi) is 3.86. The minimum absolute atomic E-state index is 0.0281. The number of hydrogen-bond acceptors (Lipinski definition) is 4. The minimum Gasteiger partial charge on any atom is -0.381 e. The van der Waals surface area contributed by atoms with Crippen LogP contribution in [0.4, 0.5) is 0 Å². The Bertz CT molecular complexity index is 451. The molecule has 0 aromatic carbocycles. The summed E-state index contributed by atoms with van der Waals surface area (Å²) >= 11 is 6.78. The highest BCUT2D eigenvalue weighted by Crippen LogP contribution is 2.26. The van der Waals surface area contributed by atoms with Gasteiger partial charge in [0.15, 0.2) is 0 Å². The lowest BCUT2D eigenvalue weighted by molar-refractivity contribution is 0.0832. The van der Waals surface area contributed by atoms with Gasteiger partial charge in [-0.05, 0) is 25.0 Å². The van der Waals surface area contributed by atoms with Crippen LogP contribution in [0.1, 0.15) is 12.8 Å². The first kappa shape index (κ1) is 12.3. The maximum atomic E-state index is 11.9. The molecule has 0 radical (unpaired) electrons. The number of sulfonamides is 1. The van der Waals surface area contributed by atoms with Crippen molar-refractivity contribution in [2.45, 2.75) is 23.1 Å². The summed E-state index contributed by atoms with van der Waals surface area (Å²) in [6.45, 7) is 1.22. The lowest BCUT2D eigenvalue weighted by Crippen LogP contribution is -2.38. The molecular weight excluding hydrogens is 270 g/mol. The van der Waals surface area contributed by atoms with Crippen molar-refractivity contribution in [3.63, 3.8) is 0 Å². The topological polar surface area (TPSA) is 55.4 Å². The van der Waals surface area contributed by atoms with E-state index in [0.29, 0.717) is 17.6 Å². The number of nitrogens with one attached hydrogen (secondary N) is 1. The van der Waals surface area contributed by atoms with E-state index in [1.807, 2.05) is 0 Å².